The smallest absolute Gasteiger partial charge is 0.255 e. The second kappa shape index (κ2) is 8.70. The molecule has 0 saturated carbocycles. The SMILES string of the molecule is Cc1c(CN2CCN(C)CC2)cc(Cl)cc1NC(=O)c1cc(F)cc(C#N)c1. The van der Waals surface area contributed by atoms with Crippen molar-refractivity contribution in [1.29, 1.82) is 5.26 Å². The van der Waals surface area contributed by atoms with E-state index in [1.54, 1.807) is 6.07 Å². The Morgan fingerprint density at radius 3 is 2.61 bits per heavy atom. The van der Waals surface area contributed by atoms with E-state index in [0.717, 1.165) is 56.0 Å². The number of nitrogens with one attached hydrogen (secondary N) is 1. The quantitative estimate of drug-likeness (QED) is 0.850. The molecule has 7 heteroatoms. The largest absolute Gasteiger partial charge is 0.322 e. The first kappa shape index (κ1) is 20.3. The first-order valence-corrected chi connectivity index (χ1v) is 9.45. The second-order valence-corrected chi connectivity index (χ2v) is 7.55. The van der Waals surface area contributed by atoms with Crippen LogP contribution >= 0.6 is 11.6 Å². The van der Waals surface area contributed by atoms with Gasteiger partial charge in [-0.15, -0.1) is 0 Å². The van der Waals surface area contributed by atoms with E-state index in [-0.39, 0.29) is 11.1 Å². The summed E-state index contributed by atoms with van der Waals surface area (Å²) in [5.41, 5.74) is 2.75. The summed E-state index contributed by atoms with van der Waals surface area (Å²) in [6.45, 7) is 6.67. The number of halogens is 2. The first-order chi connectivity index (χ1) is 13.4. The van der Waals surface area contributed by atoms with Crippen molar-refractivity contribution in [1.82, 2.24) is 9.80 Å². The Balaban J connectivity index is 1.80. The van der Waals surface area contributed by atoms with Gasteiger partial charge in [-0.3, -0.25) is 9.69 Å². The summed E-state index contributed by atoms with van der Waals surface area (Å²) in [5.74, 6) is -1.10. The van der Waals surface area contributed by atoms with Gasteiger partial charge in [-0.2, -0.15) is 5.26 Å². The molecule has 2 aromatic carbocycles. The van der Waals surface area contributed by atoms with E-state index < -0.39 is 11.7 Å². The Kier molecular flexibility index (Phi) is 6.30. The van der Waals surface area contributed by atoms with Crippen molar-refractivity contribution < 1.29 is 9.18 Å². The maximum atomic E-state index is 13.6. The maximum absolute atomic E-state index is 13.6. The van der Waals surface area contributed by atoms with Gasteiger partial charge in [0.2, 0.25) is 0 Å². The van der Waals surface area contributed by atoms with Crippen LogP contribution in [0.15, 0.2) is 30.3 Å². The molecule has 2 aromatic rings. The van der Waals surface area contributed by atoms with E-state index in [0.29, 0.717) is 10.7 Å². The first-order valence-electron chi connectivity index (χ1n) is 9.07. The number of hydrogen-bond acceptors (Lipinski definition) is 4. The zero-order valence-electron chi connectivity index (χ0n) is 15.9. The number of nitrogens with zero attached hydrogens (tertiary/aromatic N) is 3. The van der Waals surface area contributed by atoms with Crippen LogP contribution in [0.3, 0.4) is 0 Å². The minimum absolute atomic E-state index is 0.0940. The molecular formula is C21H22ClFN4O. The van der Waals surface area contributed by atoms with Crippen LogP contribution < -0.4 is 5.32 Å². The van der Waals surface area contributed by atoms with Gasteiger partial charge in [-0.1, -0.05) is 11.6 Å². The predicted octanol–water partition coefficient (Wildman–Crippen LogP) is 3.66. The molecular weight excluding hydrogens is 379 g/mol. The van der Waals surface area contributed by atoms with Crippen LogP contribution in [0.5, 0.6) is 0 Å². The van der Waals surface area contributed by atoms with Crippen LogP contribution in [0, 0.1) is 24.1 Å². The Morgan fingerprint density at radius 2 is 1.93 bits per heavy atom. The van der Waals surface area contributed by atoms with Crippen LogP contribution in [0.1, 0.15) is 27.0 Å². The molecule has 1 aliphatic rings. The Labute approximate surface area is 169 Å². The highest BCUT2D eigenvalue weighted by molar-refractivity contribution is 6.31. The highest BCUT2D eigenvalue weighted by Crippen LogP contribution is 2.27. The topological polar surface area (TPSA) is 59.4 Å². The Morgan fingerprint density at radius 1 is 1.21 bits per heavy atom. The fraction of sp³-hybridized carbons (Fsp3) is 0.333. The molecule has 1 saturated heterocycles. The molecule has 0 aliphatic carbocycles. The molecule has 1 aliphatic heterocycles. The van der Waals surface area contributed by atoms with Crippen molar-refractivity contribution in [3.63, 3.8) is 0 Å². The van der Waals surface area contributed by atoms with Gasteiger partial charge in [0.15, 0.2) is 0 Å². The van der Waals surface area contributed by atoms with Crippen molar-refractivity contribution in [2.75, 3.05) is 38.5 Å². The normalized spacial score (nSPS) is 15.2. The molecule has 1 heterocycles. The van der Waals surface area contributed by atoms with E-state index in [4.69, 9.17) is 16.9 Å². The van der Waals surface area contributed by atoms with E-state index in [1.165, 1.54) is 6.07 Å². The molecule has 0 bridgehead atoms. The molecule has 3 rings (SSSR count). The molecule has 0 aromatic heterocycles. The third-order valence-electron chi connectivity index (χ3n) is 5.01. The summed E-state index contributed by atoms with van der Waals surface area (Å²) in [6.07, 6.45) is 0. The monoisotopic (exact) mass is 400 g/mol. The van der Waals surface area contributed by atoms with E-state index in [9.17, 15) is 9.18 Å². The Bertz CT molecular complexity index is 933. The summed E-state index contributed by atoms with van der Waals surface area (Å²) < 4.78 is 13.6. The zero-order chi connectivity index (χ0) is 20.3. The van der Waals surface area contributed by atoms with Crippen LogP contribution in [0.4, 0.5) is 10.1 Å². The van der Waals surface area contributed by atoms with Crippen LogP contribution in [0.25, 0.3) is 0 Å². The van der Waals surface area contributed by atoms with Crippen molar-refractivity contribution in [2.45, 2.75) is 13.5 Å². The summed E-state index contributed by atoms with van der Waals surface area (Å²) >= 11 is 6.28. The average Bonchev–Trinajstić information content (AvgIpc) is 2.66. The van der Waals surface area contributed by atoms with Crippen LogP contribution in [-0.4, -0.2) is 48.9 Å². The van der Waals surface area contributed by atoms with Gasteiger partial charge in [0.1, 0.15) is 5.82 Å². The van der Waals surface area contributed by atoms with Crippen molar-refractivity contribution in [3.8, 4) is 6.07 Å². The second-order valence-electron chi connectivity index (χ2n) is 7.11. The number of piperazine rings is 1. The molecule has 1 fully saturated rings. The van der Waals surface area contributed by atoms with Gasteiger partial charge in [0.25, 0.3) is 5.91 Å². The van der Waals surface area contributed by atoms with Gasteiger partial charge < -0.3 is 10.2 Å². The lowest BCUT2D eigenvalue weighted by atomic mass is 10.0. The van der Waals surface area contributed by atoms with Gasteiger partial charge in [0, 0.05) is 49.0 Å². The number of benzene rings is 2. The Hall–Kier alpha value is -2.46. The van der Waals surface area contributed by atoms with Gasteiger partial charge in [0.05, 0.1) is 11.6 Å². The average molecular weight is 401 g/mol. The molecule has 5 nitrogen and oxygen atoms in total. The summed E-state index contributed by atoms with van der Waals surface area (Å²) in [4.78, 5) is 17.2. The molecule has 0 spiro atoms. The molecule has 1 N–H and O–H groups in total. The molecule has 1 amide bonds. The molecule has 146 valence electrons. The highest BCUT2D eigenvalue weighted by Gasteiger charge is 2.17. The summed E-state index contributed by atoms with van der Waals surface area (Å²) in [5, 5.41) is 12.3. The number of rotatable bonds is 4. The number of nitriles is 1. The molecule has 0 atom stereocenters. The number of amides is 1. The predicted molar refractivity (Wildman–Crippen MR) is 108 cm³/mol. The van der Waals surface area contributed by atoms with E-state index >= 15 is 0 Å². The molecule has 28 heavy (non-hydrogen) atoms. The highest BCUT2D eigenvalue weighted by atomic mass is 35.5. The lowest BCUT2D eigenvalue weighted by Crippen LogP contribution is -2.44. The summed E-state index contributed by atoms with van der Waals surface area (Å²) in [6, 6.07) is 9.03. The number of anilines is 1. The van der Waals surface area contributed by atoms with Gasteiger partial charge >= 0.3 is 0 Å². The fourth-order valence-electron chi connectivity index (χ4n) is 3.26. The van der Waals surface area contributed by atoms with Crippen molar-refractivity contribution in [2.24, 2.45) is 0 Å². The van der Waals surface area contributed by atoms with Crippen LogP contribution in [0.2, 0.25) is 5.02 Å². The summed E-state index contributed by atoms with van der Waals surface area (Å²) in [7, 11) is 2.11. The number of carbonyl (C=O) groups is 1. The number of hydrogen-bond donors (Lipinski definition) is 1. The van der Waals surface area contributed by atoms with Crippen molar-refractivity contribution >= 4 is 23.2 Å². The van der Waals surface area contributed by atoms with Gasteiger partial charge in [-0.05, 0) is 55.4 Å². The molecule has 0 radical (unpaired) electrons. The van der Waals surface area contributed by atoms with Crippen LogP contribution in [-0.2, 0) is 6.54 Å². The standard InChI is InChI=1S/C21H22ClFN4O/c1-14-17(13-27-5-3-26(2)4-6-27)9-18(22)11-20(14)25-21(28)16-7-15(12-24)8-19(23)10-16/h7-11H,3-6,13H2,1-2H3,(H,25,28). The minimum atomic E-state index is -0.622. The molecule has 0 unspecified atom stereocenters. The maximum Gasteiger partial charge on any atom is 0.255 e. The van der Waals surface area contributed by atoms with Crippen molar-refractivity contribution in [3.05, 3.63) is 63.4 Å². The lowest BCUT2D eigenvalue weighted by molar-refractivity contribution is 0.102. The lowest BCUT2D eigenvalue weighted by Gasteiger charge is -2.32. The minimum Gasteiger partial charge on any atom is -0.322 e. The fourth-order valence-corrected chi connectivity index (χ4v) is 3.50. The zero-order valence-corrected chi connectivity index (χ0v) is 16.7. The van der Waals surface area contributed by atoms with E-state index in [2.05, 4.69) is 22.2 Å². The van der Waals surface area contributed by atoms with E-state index in [1.807, 2.05) is 19.1 Å². The third kappa shape index (κ3) is 4.87. The number of carbonyl (C=O) groups excluding carboxylic acids is 1. The third-order valence-corrected chi connectivity index (χ3v) is 5.23. The number of likely N-dealkylation sites (N-methyl/N-ethyl adjacent to an activating group) is 1. The van der Waals surface area contributed by atoms with Gasteiger partial charge in [-0.25, -0.2) is 4.39 Å².